The van der Waals surface area contributed by atoms with E-state index >= 15 is 0 Å². The summed E-state index contributed by atoms with van der Waals surface area (Å²) in [6, 6.07) is 2.95. The Morgan fingerprint density at radius 1 is 1.59 bits per heavy atom. The highest BCUT2D eigenvalue weighted by atomic mass is 79.9. The first-order valence-corrected chi connectivity index (χ1v) is 8.00. The van der Waals surface area contributed by atoms with Crippen LogP contribution in [0.15, 0.2) is 15.9 Å². The molecule has 1 aliphatic rings. The predicted octanol–water partition coefficient (Wildman–Crippen LogP) is 3.33. The van der Waals surface area contributed by atoms with Crippen LogP contribution in [-0.4, -0.2) is 30.6 Å². The Bertz CT molecular complexity index is 351. The smallest absolute Gasteiger partial charge is 0.0332 e. The first kappa shape index (κ1) is 13.5. The van der Waals surface area contributed by atoms with Crippen LogP contribution < -0.4 is 5.32 Å². The van der Waals surface area contributed by atoms with Gasteiger partial charge in [-0.15, -0.1) is 11.3 Å². The molecule has 0 amide bonds. The van der Waals surface area contributed by atoms with Crippen molar-refractivity contribution < 1.29 is 0 Å². The maximum Gasteiger partial charge on any atom is 0.0332 e. The number of piperazine rings is 1. The molecule has 1 saturated heterocycles. The quantitative estimate of drug-likeness (QED) is 0.916. The van der Waals surface area contributed by atoms with E-state index < -0.39 is 0 Å². The van der Waals surface area contributed by atoms with Crippen molar-refractivity contribution in [2.24, 2.45) is 5.92 Å². The van der Waals surface area contributed by atoms with E-state index in [1.165, 1.54) is 22.3 Å². The lowest BCUT2D eigenvalue weighted by Gasteiger charge is -2.36. The van der Waals surface area contributed by atoms with Gasteiger partial charge in [0.25, 0.3) is 0 Å². The highest BCUT2D eigenvalue weighted by Crippen LogP contribution is 2.23. The first-order chi connectivity index (χ1) is 8.15. The molecule has 2 heterocycles. The summed E-state index contributed by atoms with van der Waals surface area (Å²) >= 11 is 5.39. The van der Waals surface area contributed by atoms with Gasteiger partial charge in [-0.05, 0) is 34.3 Å². The van der Waals surface area contributed by atoms with Crippen molar-refractivity contribution in [3.63, 3.8) is 0 Å². The Morgan fingerprint density at radius 2 is 2.41 bits per heavy atom. The van der Waals surface area contributed by atoms with Gasteiger partial charge < -0.3 is 5.32 Å². The van der Waals surface area contributed by atoms with E-state index in [2.05, 4.69) is 51.4 Å². The molecule has 0 spiro atoms. The largest absolute Gasteiger partial charge is 0.314 e. The van der Waals surface area contributed by atoms with Crippen molar-refractivity contribution in [2.75, 3.05) is 19.6 Å². The Morgan fingerprint density at radius 3 is 3.06 bits per heavy atom. The Labute approximate surface area is 117 Å². The normalized spacial score (nSPS) is 22.2. The van der Waals surface area contributed by atoms with E-state index in [0.717, 1.165) is 25.6 Å². The van der Waals surface area contributed by atoms with Gasteiger partial charge in [-0.25, -0.2) is 0 Å². The van der Waals surface area contributed by atoms with E-state index in [4.69, 9.17) is 0 Å². The second kappa shape index (κ2) is 6.32. The van der Waals surface area contributed by atoms with E-state index in [0.29, 0.717) is 6.04 Å². The molecule has 0 aromatic carbocycles. The van der Waals surface area contributed by atoms with Gasteiger partial charge in [-0.3, -0.25) is 4.90 Å². The average molecular weight is 317 g/mol. The molecule has 2 nitrogen and oxygen atoms in total. The van der Waals surface area contributed by atoms with Crippen molar-refractivity contribution in [2.45, 2.75) is 32.9 Å². The van der Waals surface area contributed by atoms with Crippen molar-refractivity contribution in [3.8, 4) is 0 Å². The lowest BCUT2D eigenvalue weighted by molar-refractivity contribution is 0.135. The molecule has 1 atom stereocenters. The van der Waals surface area contributed by atoms with Gasteiger partial charge >= 0.3 is 0 Å². The fourth-order valence-corrected chi connectivity index (χ4v) is 3.90. The van der Waals surface area contributed by atoms with Crippen LogP contribution in [-0.2, 0) is 6.54 Å². The summed E-state index contributed by atoms with van der Waals surface area (Å²) in [6.07, 6.45) is 1.29. The molecule has 17 heavy (non-hydrogen) atoms. The molecule has 1 unspecified atom stereocenters. The minimum atomic E-state index is 0.699. The van der Waals surface area contributed by atoms with Gasteiger partial charge in [-0.1, -0.05) is 13.8 Å². The SMILES string of the molecule is CC(C)CC1CNCCN1Cc1cc(Br)cs1. The topological polar surface area (TPSA) is 15.3 Å². The fraction of sp³-hybridized carbons (Fsp3) is 0.692. The minimum absolute atomic E-state index is 0.699. The third-order valence-corrected chi connectivity index (χ3v) is 4.88. The standard InChI is InChI=1S/C13H21BrN2S/c1-10(2)5-12-7-15-3-4-16(12)8-13-6-11(14)9-17-13/h6,9-10,12,15H,3-5,7-8H2,1-2H3. The average Bonchev–Trinajstić information content (AvgIpc) is 2.66. The van der Waals surface area contributed by atoms with Crippen LogP contribution in [0.1, 0.15) is 25.1 Å². The Balaban J connectivity index is 1.96. The van der Waals surface area contributed by atoms with Gasteiger partial charge in [-0.2, -0.15) is 0 Å². The van der Waals surface area contributed by atoms with Crippen LogP contribution in [0.3, 0.4) is 0 Å². The second-order valence-electron chi connectivity index (χ2n) is 5.19. The number of hydrogen-bond donors (Lipinski definition) is 1. The van der Waals surface area contributed by atoms with Gasteiger partial charge in [0.15, 0.2) is 0 Å². The van der Waals surface area contributed by atoms with Gasteiger partial charge in [0, 0.05) is 47.0 Å². The zero-order valence-electron chi connectivity index (χ0n) is 10.6. The summed E-state index contributed by atoms with van der Waals surface area (Å²) in [5.41, 5.74) is 0. The number of nitrogens with zero attached hydrogens (tertiary/aromatic N) is 1. The van der Waals surface area contributed by atoms with E-state index in [1.807, 2.05) is 11.3 Å². The molecule has 1 aliphatic heterocycles. The van der Waals surface area contributed by atoms with Crippen LogP contribution in [0.2, 0.25) is 0 Å². The minimum Gasteiger partial charge on any atom is -0.314 e. The van der Waals surface area contributed by atoms with Crippen molar-refractivity contribution in [1.29, 1.82) is 0 Å². The Hall–Kier alpha value is 0.1000. The fourth-order valence-electron chi connectivity index (χ4n) is 2.42. The molecular weight excluding hydrogens is 296 g/mol. The molecule has 96 valence electrons. The highest BCUT2D eigenvalue weighted by Gasteiger charge is 2.23. The van der Waals surface area contributed by atoms with Crippen molar-refractivity contribution in [1.82, 2.24) is 10.2 Å². The summed E-state index contributed by atoms with van der Waals surface area (Å²) in [4.78, 5) is 4.10. The third-order valence-electron chi connectivity index (χ3n) is 3.20. The summed E-state index contributed by atoms with van der Waals surface area (Å²) in [7, 11) is 0. The summed E-state index contributed by atoms with van der Waals surface area (Å²) in [5.74, 6) is 0.775. The number of thiophene rings is 1. The molecular formula is C13H21BrN2S. The van der Waals surface area contributed by atoms with Gasteiger partial charge in [0.05, 0.1) is 0 Å². The molecule has 2 rings (SSSR count). The highest BCUT2D eigenvalue weighted by molar-refractivity contribution is 9.10. The summed E-state index contributed by atoms with van der Waals surface area (Å²) in [5, 5.41) is 5.69. The molecule has 1 aromatic heterocycles. The molecule has 0 aliphatic carbocycles. The van der Waals surface area contributed by atoms with E-state index in [-0.39, 0.29) is 0 Å². The lowest BCUT2D eigenvalue weighted by atomic mass is 10.0. The zero-order valence-corrected chi connectivity index (χ0v) is 13.0. The van der Waals surface area contributed by atoms with Crippen molar-refractivity contribution in [3.05, 3.63) is 20.8 Å². The molecule has 1 aromatic rings. The molecule has 0 saturated carbocycles. The Kier molecular flexibility index (Phi) is 5.03. The van der Waals surface area contributed by atoms with Crippen LogP contribution >= 0.6 is 27.3 Å². The monoisotopic (exact) mass is 316 g/mol. The van der Waals surface area contributed by atoms with Crippen LogP contribution in [0, 0.1) is 5.92 Å². The van der Waals surface area contributed by atoms with Crippen LogP contribution in [0.25, 0.3) is 0 Å². The molecule has 4 heteroatoms. The lowest BCUT2D eigenvalue weighted by Crippen LogP contribution is -2.51. The maximum absolute atomic E-state index is 3.53. The second-order valence-corrected chi connectivity index (χ2v) is 7.10. The third kappa shape index (κ3) is 4.05. The van der Waals surface area contributed by atoms with E-state index in [9.17, 15) is 0 Å². The van der Waals surface area contributed by atoms with Crippen molar-refractivity contribution >= 4 is 27.3 Å². The number of halogens is 1. The van der Waals surface area contributed by atoms with Crippen LogP contribution in [0.5, 0.6) is 0 Å². The van der Waals surface area contributed by atoms with Crippen LogP contribution in [0.4, 0.5) is 0 Å². The molecule has 0 bridgehead atoms. The summed E-state index contributed by atoms with van der Waals surface area (Å²) < 4.78 is 1.22. The number of nitrogens with one attached hydrogen (secondary N) is 1. The van der Waals surface area contributed by atoms with Gasteiger partial charge in [0.2, 0.25) is 0 Å². The maximum atomic E-state index is 3.53. The first-order valence-electron chi connectivity index (χ1n) is 6.33. The number of rotatable bonds is 4. The summed E-state index contributed by atoms with van der Waals surface area (Å²) in [6.45, 7) is 9.18. The molecule has 1 N–H and O–H groups in total. The number of hydrogen-bond acceptors (Lipinski definition) is 3. The molecule has 0 radical (unpaired) electrons. The van der Waals surface area contributed by atoms with E-state index in [1.54, 1.807) is 0 Å². The van der Waals surface area contributed by atoms with Gasteiger partial charge in [0.1, 0.15) is 0 Å². The zero-order chi connectivity index (χ0) is 12.3. The molecule has 1 fully saturated rings. The predicted molar refractivity (Wildman–Crippen MR) is 78.5 cm³/mol.